The third-order valence-electron chi connectivity index (χ3n) is 4.29. The topological polar surface area (TPSA) is 77.2 Å². The van der Waals surface area contributed by atoms with E-state index in [0.717, 1.165) is 37.6 Å². The van der Waals surface area contributed by atoms with Gasteiger partial charge in [0.25, 0.3) is 0 Å². The zero-order chi connectivity index (χ0) is 15.6. The molecule has 1 N–H and O–H groups in total. The van der Waals surface area contributed by atoms with Crippen LogP contribution in [-0.4, -0.2) is 56.6 Å². The summed E-state index contributed by atoms with van der Waals surface area (Å²) in [4.78, 5) is 17.7. The summed E-state index contributed by atoms with van der Waals surface area (Å²) in [5.74, 6) is 0.845. The van der Waals surface area contributed by atoms with Crippen molar-refractivity contribution >= 4 is 30.9 Å². The van der Waals surface area contributed by atoms with Gasteiger partial charge < -0.3 is 19.5 Å². The molecule has 138 valence electrons. The highest BCUT2D eigenvalue weighted by Crippen LogP contribution is 2.19. The summed E-state index contributed by atoms with van der Waals surface area (Å²) in [7, 11) is 0. The number of nitrogens with zero attached hydrogens (tertiary/aromatic N) is 5. The van der Waals surface area contributed by atoms with Gasteiger partial charge in [-0.1, -0.05) is 0 Å². The predicted octanol–water partition coefficient (Wildman–Crippen LogP) is 1.54. The van der Waals surface area contributed by atoms with Crippen LogP contribution in [0.15, 0.2) is 18.5 Å². The maximum absolute atomic E-state index is 11.5. The zero-order valence-electron chi connectivity index (χ0n) is 13.8. The van der Waals surface area contributed by atoms with Gasteiger partial charge in [0.05, 0.1) is 12.2 Å². The number of fused-ring (bicyclic) bond motifs is 1. The lowest BCUT2D eigenvalue weighted by Gasteiger charge is -2.13. The minimum atomic E-state index is -0.230. The Hall–Kier alpha value is -1.77. The molecule has 25 heavy (non-hydrogen) atoms. The molecule has 2 aliphatic rings. The molecule has 2 aromatic rings. The van der Waals surface area contributed by atoms with E-state index in [1.165, 1.54) is 5.69 Å². The molecule has 2 aromatic heterocycles. The minimum Gasteiger partial charge on any atom is -0.448 e. The van der Waals surface area contributed by atoms with Crippen LogP contribution in [0.25, 0.3) is 11.5 Å². The molecular formula is C15H22Cl2N6O2. The number of amides is 1. The molecule has 1 fully saturated rings. The standard InChI is InChI=1S/C15H20N6O2.2ClH/c22-15-20(8-9-23-15)7-6-19-5-3-17-14(19)13-10-12-11-16-2-1-4-21(12)18-13;;/h3,5,10,16H,1-2,4,6-9,11H2;2*1H. The van der Waals surface area contributed by atoms with Crippen molar-refractivity contribution in [2.24, 2.45) is 0 Å². The Bertz CT molecular complexity index is 693. The first-order valence-electron chi connectivity index (χ1n) is 8.02. The lowest BCUT2D eigenvalue weighted by Crippen LogP contribution is -2.28. The summed E-state index contributed by atoms with van der Waals surface area (Å²) >= 11 is 0. The van der Waals surface area contributed by atoms with E-state index in [9.17, 15) is 4.79 Å². The fraction of sp³-hybridized carbons (Fsp3) is 0.533. The van der Waals surface area contributed by atoms with Gasteiger partial charge >= 0.3 is 6.09 Å². The largest absolute Gasteiger partial charge is 0.448 e. The number of nitrogens with one attached hydrogen (secondary N) is 1. The molecule has 10 heteroatoms. The molecule has 0 unspecified atom stereocenters. The second kappa shape index (κ2) is 8.55. The number of carbonyl (C=O) groups is 1. The summed E-state index contributed by atoms with van der Waals surface area (Å²) in [6.07, 6.45) is 4.56. The Balaban J connectivity index is 0.00000113. The molecule has 4 rings (SSSR count). The van der Waals surface area contributed by atoms with Gasteiger partial charge in [0, 0.05) is 38.6 Å². The molecule has 2 aliphatic heterocycles. The van der Waals surface area contributed by atoms with E-state index in [1.807, 2.05) is 10.8 Å². The number of hydrogen-bond donors (Lipinski definition) is 1. The zero-order valence-corrected chi connectivity index (χ0v) is 15.4. The normalized spacial score (nSPS) is 16.5. The van der Waals surface area contributed by atoms with Crippen LogP contribution in [0.5, 0.6) is 0 Å². The van der Waals surface area contributed by atoms with E-state index in [1.54, 1.807) is 11.1 Å². The van der Waals surface area contributed by atoms with E-state index in [4.69, 9.17) is 9.84 Å². The van der Waals surface area contributed by atoms with Gasteiger partial charge in [-0.15, -0.1) is 24.8 Å². The number of halogens is 2. The highest BCUT2D eigenvalue weighted by molar-refractivity contribution is 5.85. The maximum Gasteiger partial charge on any atom is 0.410 e. The number of cyclic esters (lactones) is 1. The van der Waals surface area contributed by atoms with Crippen molar-refractivity contribution in [3.05, 3.63) is 24.2 Å². The first-order valence-corrected chi connectivity index (χ1v) is 8.02. The van der Waals surface area contributed by atoms with Crippen molar-refractivity contribution in [1.29, 1.82) is 0 Å². The Morgan fingerprint density at radius 1 is 1.24 bits per heavy atom. The van der Waals surface area contributed by atoms with E-state index in [-0.39, 0.29) is 30.9 Å². The summed E-state index contributed by atoms with van der Waals surface area (Å²) in [5.41, 5.74) is 2.08. The van der Waals surface area contributed by atoms with E-state index >= 15 is 0 Å². The molecule has 0 saturated carbocycles. The van der Waals surface area contributed by atoms with Crippen LogP contribution < -0.4 is 5.32 Å². The molecule has 4 heterocycles. The molecule has 0 atom stereocenters. The van der Waals surface area contributed by atoms with Gasteiger partial charge in [-0.3, -0.25) is 4.68 Å². The van der Waals surface area contributed by atoms with Crippen molar-refractivity contribution < 1.29 is 9.53 Å². The van der Waals surface area contributed by atoms with Crippen molar-refractivity contribution in [3.63, 3.8) is 0 Å². The summed E-state index contributed by atoms with van der Waals surface area (Å²) in [6, 6.07) is 2.10. The highest BCUT2D eigenvalue weighted by atomic mass is 35.5. The van der Waals surface area contributed by atoms with Crippen molar-refractivity contribution in [2.75, 3.05) is 26.2 Å². The van der Waals surface area contributed by atoms with Crippen LogP contribution in [0.1, 0.15) is 12.1 Å². The van der Waals surface area contributed by atoms with Gasteiger partial charge in [0.2, 0.25) is 0 Å². The number of carbonyl (C=O) groups excluding carboxylic acids is 1. The van der Waals surface area contributed by atoms with Crippen LogP contribution >= 0.6 is 24.8 Å². The maximum atomic E-state index is 11.5. The fourth-order valence-corrected chi connectivity index (χ4v) is 3.05. The van der Waals surface area contributed by atoms with Crippen LogP contribution in [0.2, 0.25) is 0 Å². The third kappa shape index (κ3) is 4.08. The van der Waals surface area contributed by atoms with Crippen molar-refractivity contribution in [3.8, 4) is 11.5 Å². The molecule has 0 aliphatic carbocycles. The van der Waals surface area contributed by atoms with Gasteiger partial charge in [0.1, 0.15) is 12.3 Å². The van der Waals surface area contributed by atoms with Gasteiger partial charge in [-0.25, -0.2) is 9.78 Å². The van der Waals surface area contributed by atoms with Crippen molar-refractivity contribution in [1.82, 2.24) is 29.5 Å². The van der Waals surface area contributed by atoms with Crippen molar-refractivity contribution in [2.45, 2.75) is 26.1 Å². The highest BCUT2D eigenvalue weighted by Gasteiger charge is 2.22. The number of aromatic nitrogens is 4. The summed E-state index contributed by atoms with van der Waals surface area (Å²) in [6.45, 7) is 5.25. The second-order valence-corrected chi connectivity index (χ2v) is 5.82. The third-order valence-corrected chi connectivity index (χ3v) is 4.29. The average Bonchev–Trinajstić information content (AvgIpc) is 3.23. The van der Waals surface area contributed by atoms with Gasteiger partial charge in [-0.05, 0) is 19.0 Å². The fourth-order valence-electron chi connectivity index (χ4n) is 3.05. The number of aryl methyl sites for hydroxylation is 1. The lowest BCUT2D eigenvalue weighted by molar-refractivity contribution is 0.157. The number of rotatable bonds is 4. The van der Waals surface area contributed by atoms with E-state index < -0.39 is 0 Å². The van der Waals surface area contributed by atoms with Gasteiger partial charge in [-0.2, -0.15) is 5.10 Å². The first-order chi connectivity index (χ1) is 11.3. The average molecular weight is 389 g/mol. The van der Waals surface area contributed by atoms with Crippen LogP contribution in [0.4, 0.5) is 4.79 Å². The molecule has 0 aromatic carbocycles. The van der Waals surface area contributed by atoms with Crippen LogP contribution in [-0.2, 0) is 24.4 Å². The van der Waals surface area contributed by atoms with E-state index in [0.29, 0.717) is 26.2 Å². The van der Waals surface area contributed by atoms with Crippen LogP contribution in [0, 0.1) is 0 Å². The van der Waals surface area contributed by atoms with E-state index in [2.05, 4.69) is 21.0 Å². The monoisotopic (exact) mass is 388 g/mol. The molecule has 1 amide bonds. The quantitative estimate of drug-likeness (QED) is 0.859. The molecule has 0 bridgehead atoms. The molecule has 1 saturated heterocycles. The summed E-state index contributed by atoms with van der Waals surface area (Å²) in [5, 5.41) is 8.09. The SMILES string of the molecule is Cl.Cl.O=C1OCCN1CCn1ccnc1-c1cc2n(n1)CCCNC2. The molecule has 8 nitrogen and oxygen atoms in total. The predicted molar refractivity (Wildman–Crippen MR) is 97.2 cm³/mol. The molecule has 0 radical (unpaired) electrons. The van der Waals surface area contributed by atoms with Gasteiger partial charge in [0.15, 0.2) is 5.82 Å². The second-order valence-electron chi connectivity index (χ2n) is 5.82. The lowest BCUT2D eigenvalue weighted by atomic mass is 10.3. The van der Waals surface area contributed by atoms with Crippen LogP contribution in [0.3, 0.4) is 0 Å². The minimum absolute atomic E-state index is 0. The Morgan fingerprint density at radius 2 is 2.12 bits per heavy atom. The first kappa shape index (κ1) is 19.6. The smallest absolute Gasteiger partial charge is 0.410 e. The Labute approximate surface area is 158 Å². The number of ether oxygens (including phenoxy) is 1. The Morgan fingerprint density at radius 3 is 2.92 bits per heavy atom. The number of hydrogen-bond acceptors (Lipinski definition) is 5. The Kier molecular flexibility index (Phi) is 6.69. The number of imidazole rings is 1. The summed E-state index contributed by atoms with van der Waals surface area (Å²) < 4.78 is 9.06. The molecule has 0 spiro atoms. The molecular weight excluding hydrogens is 367 g/mol.